The van der Waals surface area contributed by atoms with E-state index in [1.54, 1.807) is 18.3 Å². The van der Waals surface area contributed by atoms with Crippen molar-refractivity contribution in [2.45, 2.75) is 6.42 Å². The van der Waals surface area contributed by atoms with Gasteiger partial charge in [0.1, 0.15) is 5.75 Å². The molecule has 0 radical (unpaired) electrons. The lowest BCUT2D eigenvalue weighted by Gasteiger charge is -2.20. The average Bonchev–Trinajstić information content (AvgIpc) is 2.77. The molecule has 0 atom stereocenters. The van der Waals surface area contributed by atoms with E-state index in [0.717, 1.165) is 49.8 Å². The van der Waals surface area contributed by atoms with Crippen molar-refractivity contribution >= 4 is 5.95 Å². The molecule has 1 aliphatic rings. The van der Waals surface area contributed by atoms with Crippen LogP contribution >= 0.6 is 0 Å². The van der Waals surface area contributed by atoms with Crippen LogP contribution in [0.2, 0.25) is 0 Å². The minimum absolute atomic E-state index is 0.245. The summed E-state index contributed by atoms with van der Waals surface area (Å²) in [5.74, 6) is 0.976. The third-order valence-corrected chi connectivity index (χ3v) is 3.45. The van der Waals surface area contributed by atoms with Crippen LogP contribution in [0.25, 0.3) is 11.3 Å². The number of nitrogens with one attached hydrogen (secondary N) is 1. The lowest BCUT2D eigenvalue weighted by atomic mass is 10.1. The first-order chi connectivity index (χ1) is 9.84. The standard InChI is InChI=1S/C15H18N4O/c20-14-5-2-1-4-12(14)13-6-8-17-15(18-13)19-10-3-7-16-9-11-19/h1-2,4-6,8,16,20H,3,7,9-11H2. The van der Waals surface area contributed by atoms with Crippen molar-refractivity contribution in [3.8, 4) is 17.0 Å². The van der Waals surface area contributed by atoms with E-state index in [9.17, 15) is 5.11 Å². The molecule has 0 saturated carbocycles. The second-order valence-electron chi connectivity index (χ2n) is 4.85. The van der Waals surface area contributed by atoms with Gasteiger partial charge in [-0.3, -0.25) is 0 Å². The van der Waals surface area contributed by atoms with Gasteiger partial charge in [0.05, 0.1) is 5.69 Å². The maximum atomic E-state index is 9.93. The van der Waals surface area contributed by atoms with Crippen LogP contribution in [0.4, 0.5) is 5.95 Å². The predicted octanol–water partition coefficient (Wildman–Crippen LogP) is 1.65. The van der Waals surface area contributed by atoms with Crippen molar-refractivity contribution < 1.29 is 5.11 Å². The summed E-state index contributed by atoms with van der Waals surface area (Å²) in [6.07, 6.45) is 2.84. The summed E-state index contributed by atoms with van der Waals surface area (Å²) in [5.41, 5.74) is 1.49. The van der Waals surface area contributed by atoms with Crippen LogP contribution in [0, 0.1) is 0 Å². The van der Waals surface area contributed by atoms with Crippen molar-refractivity contribution in [1.29, 1.82) is 0 Å². The van der Waals surface area contributed by atoms with Crippen molar-refractivity contribution in [1.82, 2.24) is 15.3 Å². The van der Waals surface area contributed by atoms with Gasteiger partial charge >= 0.3 is 0 Å². The van der Waals surface area contributed by atoms with E-state index in [-0.39, 0.29) is 5.75 Å². The van der Waals surface area contributed by atoms with Gasteiger partial charge in [-0.25, -0.2) is 9.97 Å². The van der Waals surface area contributed by atoms with E-state index < -0.39 is 0 Å². The number of anilines is 1. The van der Waals surface area contributed by atoms with Gasteiger partial charge in [-0.1, -0.05) is 12.1 Å². The summed E-state index contributed by atoms with van der Waals surface area (Å²) in [6.45, 7) is 3.85. The van der Waals surface area contributed by atoms with Crippen molar-refractivity contribution in [2.24, 2.45) is 0 Å². The molecule has 1 aromatic heterocycles. The topological polar surface area (TPSA) is 61.3 Å². The van der Waals surface area contributed by atoms with Gasteiger partial charge < -0.3 is 15.3 Å². The number of hydrogen-bond acceptors (Lipinski definition) is 5. The Morgan fingerprint density at radius 1 is 1.10 bits per heavy atom. The van der Waals surface area contributed by atoms with Crippen LogP contribution in [-0.2, 0) is 0 Å². The Hall–Kier alpha value is -2.14. The lowest BCUT2D eigenvalue weighted by molar-refractivity contribution is 0.477. The Morgan fingerprint density at radius 2 is 2.00 bits per heavy atom. The minimum Gasteiger partial charge on any atom is -0.507 e. The first kappa shape index (κ1) is 12.9. The number of phenols is 1. The molecule has 2 aromatic rings. The number of aromatic hydroxyl groups is 1. The monoisotopic (exact) mass is 270 g/mol. The van der Waals surface area contributed by atoms with Crippen LogP contribution < -0.4 is 10.2 Å². The van der Waals surface area contributed by atoms with Crippen LogP contribution in [0.3, 0.4) is 0 Å². The van der Waals surface area contributed by atoms with E-state index in [1.807, 2.05) is 18.2 Å². The molecule has 0 bridgehead atoms. The molecule has 3 rings (SSSR count). The van der Waals surface area contributed by atoms with Crippen LogP contribution in [0.5, 0.6) is 5.75 Å². The first-order valence-electron chi connectivity index (χ1n) is 6.92. The van der Waals surface area contributed by atoms with E-state index in [4.69, 9.17) is 0 Å². The summed E-state index contributed by atoms with van der Waals surface area (Å²) < 4.78 is 0. The molecule has 20 heavy (non-hydrogen) atoms. The lowest BCUT2D eigenvalue weighted by Crippen LogP contribution is -2.29. The zero-order valence-electron chi connectivity index (χ0n) is 11.3. The molecule has 2 N–H and O–H groups in total. The fourth-order valence-corrected chi connectivity index (χ4v) is 2.39. The molecule has 1 aromatic carbocycles. The molecular weight excluding hydrogens is 252 g/mol. The number of benzene rings is 1. The number of para-hydroxylation sites is 1. The van der Waals surface area contributed by atoms with Gasteiger partial charge in [0.2, 0.25) is 5.95 Å². The Kier molecular flexibility index (Phi) is 3.78. The fourth-order valence-electron chi connectivity index (χ4n) is 2.39. The first-order valence-corrected chi connectivity index (χ1v) is 6.92. The predicted molar refractivity (Wildman–Crippen MR) is 78.8 cm³/mol. The highest BCUT2D eigenvalue weighted by Gasteiger charge is 2.13. The van der Waals surface area contributed by atoms with Gasteiger partial charge in [-0.15, -0.1) is 0 Å². The van der Waals surface area contributed by atoms with Crippen molar-refractivity contribution in [2.75, 3.05) is 31.1 Å². The third-order valence-electron chi connectivity index (χ3n) is 3.45. The summed E-state index contributed by atoms with van der Waals surface area (Å²) in [5, 5.41) is 13.3. The SMILES string of the molecule is Oc1ccccc1-c1ccnc(N2CCCNCC2)n1. The number of rotatable bonds is 2. The molecule has 0 aliphatic carbocycles. The summed E-state index contributed by atoms with van der Waals surface area (Å²) in [6, 6.07) is 9.07. The molecule has 1 fully saturated rings. The molecule has 104 valence electrons. The Balaban J connectivity index is 1.91. The smallest absolute Gasteiger partial charge is 0.225 e. The van der Waals surface area contributed by atoms with Gasteiger partial charge in [0, 0.05) is 31.4 Å². The third kappa shape index (κ3) is 2.72. The Labute approximate surface area is 118 Å². The van der Waals surface area contributed by atoms with Crippen LogP contribution in [-0.4, -0.2) is 41.3 Å². The highest BCUT2D eigenvalue weighted by Crippen LogP contribution is 2.27. The largest absolute Gasteiger partial charge is 0.507 e. The molecule has 5 nitrogen and oxygen atoms in total. The van der Waals surface area contributed by atoms with Crippen LogP contribution in [0.1, 0.15) is 6.42 Å². The quantitative estimate of drug-likeness (QED) is 0.869. The fraction of sp³-hybridized carbons (Fsp3) is 0.333. The second kappa shape index (κ2) is 5.88. The number of nitrogens with zero attached hydrogens (tertiary/aromatic N) is 3. The normalized spacial score (nSPS) is 15.9. The number of aromatic nitrogens is 2. The molecule has 0 spiro atoms. The van der Waals surface area contributed by atoms with Gasteiger partial charge in [-0.05, 0) is 31.2 Å². The molecule has 0 unspecified atom stereocenters. The molecule has 1 saturated heterocycles. The van der Waals surface area contributed by atoms with E-state index in [0.29, 0.717) is 0 Å². The van der Waals surface area contributed by atoms with E-state index in [1.165, 1.54) is 0 Å². The number of phenolic OH excluding ortho intramolecular Hbond substituents is 1. The summed E-state index contributed by atoms with van der Waals surface area (Å²) in [7, 11) is 0. The van der Waals surface area contributed by atoms with Crippen molar-refractivity contribution in [3.05, 3.63) is 36.5 Å². The van der Waals surface area contributed by atoms with Gasteiger partial charge in [-0.2, -0.15) is 0 Å². The maximum absolute atomic E-state index is 9.93. The highest BCUT2D eigenvalue weighted by molar-refractivity contribution is 5.67. The molecule has 0 amide bonds. The zero-order valence-corrected chi connectivity index (χ0v) is 11.3. The molecule has 2 heterocycles. The zero-order chi connectivity index (χ0) is 13.8. The number of hydrogen-bond donors (Lipinski definition) is 2. The molecule has 1 aliphatic heterocycles. The van der Waals surface area contributed by atoms with E-state index in [2.05, 4.69) is 20.2 Å². The van der Waals surface area contributed by atoms with Gasteiger partial charge in [0.25, 0.3) is 0 Å². The molecule has 5 heteroatoms. The van der Waals surface area contributed by atoms with E-state index >= 15 is 0 Å². The maximum Gasteiger partial charge on any atom is 0.225 e. The molecular formula is C15H18N4O. The summed E-state index contributed by atoms with van der Waals surface area (Å²) >= 11 is 0. The second-order valence-corrected chi connectivity index (χ2v) is 4.85. The summed E-state index contributed by atoms with van der Waals surface area (Å²) in [4.78, 5) is 11.1. The van der Waals surface area contributed by atoms with Crippen molar-refractivity contribution in [3.63, 3.8) is 0 Å². The minimum atomic E-state index is 0.245. The average molecular weight is 270 g/mol. The Morgan fingerprint density at radius 3 is 2.90 bits per heavy atom. The van der Waals surface area contributed by atoms with Gasteiger partial charge in [0.15, 0.2) is 0 Å². The van der Waals surface area contributed by atoms with Crippen LogP contribution in [0.15, 0.2) is 36.5 Å². The Bertz CT molecular complexity index is 580. The highest BCUT2D eigenvalue weighted by atomic mass is 16.3.